The molecule has 1 saturated carbocycles. The quantitative estimate of drug-likeness (QED) is 0.846. The predicted octanol–water partition coefficient (Wildman–Crippen LogP) is 2.10. The fourth-order valence-electron chi connectivity index (χ4n) is 2.68. The molecule has 1 aromatic rings. The summed E-state index contributed by atoms with van der Waals surface area (Å²) in [5.74, 6) is 0.875. The molecule has 96 valence electrons. The Labute approximate surface area is 102 Å². The fourth-order valence-corrected chi connectivity index (χ4v) is 2.68. The van der Waals surface area contributed by atoms with Crippen LogP contribution in [0.5, 0.6) is 0 Å². The highest BCUT2D eigenvalue weighted by molar-refractivity contribution is 5.25. The van der Waals surface area contributed by atoms with Crippen LogP contribution in [0.2, 0.25) is 0 Å². The van der Waals surface area contributed by atoms with Gasteiger partial charge >= 0.3 is 0 Å². The molecule has 1 aromatic heterocycles. The molecular formula is C13H22N2O2. The smallest absolute Gasteiger partial charge is 0.138 e. The molecular weight excluding hydrogens is 216 g/mol. The third-order valence-corrected chi connectivity index (χ3v) is 4.19. The Balaban J connectivity index is 2.06. The molecule has 0 spiro atoms. The molecule has 4 heteroatoms. The Morgan fingerprint density at radius 1 is 1.47 bits per heavy atom. The SMILES string of the molecule is Cc1noc(C)c1C(C)NC1CC(O)C1(C)C. The van der Waals surface area contributed by atoms with Crippen LogP contribution in [0.25, 0.3) is 0 Å². The molecule has 17 heavy (non-hydrogen) atoms. The topological polar surface area (TPSA) is 58.3 Å². The van der Waals surface area contributed by atoms with Gasteiger partial charge in [-0.25, -0.2) is 0 Å². The van der Waals surface area contributed by atoms with Crippen LogP contribution in [0.4, 0.5) is 0 Å². The predicted molar refractivity (Wildman–Crippen MR) is 65.7 cm³/mol. The highest BCUT2D eigenvalue weighted by Crippen LogP contribution is 2.41. The van der Waals surface area contributed by atoms with E-state index in [4.69, 9.17) is 4.52 Å². The van der Waals surface area contributed by atoms with E-state index in [0.717, 1.165) is 23.4 Å². The molecule has 0 radical (unpaired) electrons. The maximum absolute atomic E-state index is 9.73. The Morgan fingerprint density at radius 2 is 2.12 bits per heavy atom. The van der Waals surface area contributed by atoms with E-state index >= 15 is 0 Å². The van der Waals surface area contributed by atoms with Gasteiger partial charge in [-0.3, -0.25) is 0 Å². The van der Waals surface area contributed by atoms with Crippen molar-refractivity contribution < 1.29 is 9.63 Å². The second-order valence-electron chi connectivity index (χ2n) is 5.75. The van der Waals surface area contributed by atoms with E-state index in [0.29, 0.717) is 6.04 Å². The van der Waals surface area contributed by atoms with Crippen LogP contribution in [0.3, 0.4) is 0 Å². The van der Waals surface area contributed by atoms with Gasteiger partial charge in [0.15, 0.2) is 0 Å². The molecule has 0 amide bonds. The van der Waals surface area contributed by atoms with E-state index in [2.05, 4.69) is 31.2 Å². The minimum atomic E-state index is -0.197. The third kappa shape index (κ3) is 2.00. The molecule has 1 aliphatic carbocycles. The molecule has 0 bridgehead atoms. The van der Waals surface area contributed by atoms with Crippen molar-refractivity contribution in [1.82, 2.24) is 10.5 Å². The molecule has 4 nitrogen and oxygen atoms in total. The molecule has 0 saturated heterocycles. The number of hydrogen-bond donors (Lipinski definition) is 2. The molecule has 2 N–H and O–H groups in total. The van der Waals surface area contributed by atoms with E-state index < -0.39 is 0 Å². The van der Waals surface area contributed by atoms with Crippen LogP contribution < -0.4 is 5.32 Å². The van der Waals surface area contributed by atoms with Crippen molar-refractivity contribution >= 4 is 0 Å². The minimum absolute atomic E-state index is 0.0484. The van der Waals surface area contributed by atoms with Crippen molar-refractivity contribution in [1.29, 1.82) is 0 Å². The lowest BCUT2D eigenvalue weighted by Crippen LogP contribution is -2.60. The summed E-state index contributed by atoms with van der Waals surface area (Å²) in [6, 6.07) is 0.555. The number of hydrogen-bond acceptors (Lipinski definition) is 4. The van der Waals surface area contributed by atoms with E-state index in [1.807, 2.05) is 13.8 Å². The first-order valence-electron chi connectivity index (χ1n) is 6.21. The summed E-state index contributed by atoms with van der Waals surface area (Å²) in [5, 5.41) is 17.3. The Hall–Kier alpha value is -0.870. The van der Waals surface area contributed by atoms with Gasteiger partial charge in [-0.05, 0) is 27.2 Å². The lowest BCUT2D eigenvalue weighted by atomic mass is 9.64. The van der Waals surface area contributed by atoms with Crippen molar-refractivity contribution in [2.45, 2.75) is 59.2 Å². The summed E-state index contributed by atoms with van der Waals surface area (Å²) in [4.78, 5) is 0. The molecule has 0 aliphatic heterocycles. The second-order valence-corrected chi connectivity index (χ2v) is 5.75. The van der Waals surface area contributed by atoms with Crippen LogP contribution in [-0.4, -0.2) is 22.4 Å². The zero-order chi connectivity index (χ0) is 12.8. The number of aromatic nitrogens is 1. The minimum Gasteiger partial charge on any atom is -0.392 e. The number of aliphatic hydroxyl groups is 1. The lowest BCUT2D eigenvalue weighted by Gasteiger charge is -2.50. The van der Waals surface area contributed by atoms with Crippen LogP contribution in [0, 0.1) is 19.3 Å². The van der Waals surface area contributed by atoms with Gasteiger partial charge in [-0.2, -0.15) is 0 Å². The van der Waals surface area contributed by atoms with Crippen LogP contribution in [-0.2, 0) is 0 Å². The summed E-state index contributed by atoms with van der Waals surface area (Å²) < 4.78 is 5.18. The number of nitrogens with zero attached hydrogens (tertiary/aromatic N) is 1. The van der Waals surface area contributed by atoms with E-state index in [9.17, 15) is 5.11 Å². The van der Waals surface area contributed by atoms with E-state index in [1.54, 1.807) is 0 Å². The molecule has 1 aliphatic rings. The van der Waals surface area contributed by atoms with Gasteiger partial charge < -0.3 is 14.9 Å². The van der Waals surface area contributed by atoms with Crippen molar-refractivity contribution in [3.8, 4) is 0 Å². The normalized spacial score (nSPS) is 28.8. The summed E-state index contributed by atoms with van der Waals surface area (Å²) in [6.07, 6.45) is 0.623. The third-order valence-electron chi connectivity index (χ3n) is 4.19. The summed E-state index contributed by atoms with van der Waals surface area (Å²) in [6.45, 7) is 10.2. The van der Waals surface area contributed by atoms with Gasteiger partial charge in [0, 0.05) is 23.1 Å². The zero-order valence-corrected chi connectivity index (χ0v) is 11.2. The Kier molecular flexibility index (Phi) is 3.04. The number of rotatable bonds is 3. The van der Waals surface area contributed by atoms with Crippen LogP contribution in [0.15, 0.2) is 4.52 Å². The first-order chi connectivity index (χ1) is 7.84. The first kappa shape index (κ1) is 12.6. The largest absolute Gasteiger partial charge is 0.392 e. The van der Waals surface area contributed by atoms with Crippen molar-refractivity contribution in [3.05, 3.63) is 17.0 Å². The zero-order valence-electron chi connectivity index (χ0n) is 11.2. The van der Waals surface area contributed by atoms with Gasteiger partial charge in [-0.1, -0.05) is 19.0 Å². The molecule has 1 heterocycles. The average molecular weight is 238 g/mol. The fraction of sp³-hybridized carbons (Fsp3) is 0.769. The summed E-state index contributed by atoms with van der Waals surface area (Å²) in [5.41, 5.74) is 2.04. The molecule has 0 aromatic carbocycles. The maximum atomic E-state index is 9.73. The van der Waals surface area contributed by atoms with Gasteiger partial charge in [0.2, 0.25) is 0 Å². The Bertz CT molecular complexity index is 392. The molecule has 3 unspecified atom stereocenters. The van der Waals surface area contributed by atoms with Crippen molar-refractivity contribution in [3.63, 3.8) is 0 Å². The van der Waals surface area contributed by atoms with E-state index in [-0.39, 0.29) is 17.6 Å². The highest BCUT2D eigenvalue weighted by atomic mass is 16.5. The summed E-state index contributed by atoms with van der Waals surface area (Å²) >= 11 is 0. The highest BCUT2D eigenvalue weighted by Gasteiger charge is 2.47. The standard InChI is InChI=1S/C13H22N2O2/c1-7(12-8(2)15-17-9(12)3)14-10-6-11(16)13(10,4)5/h7,10-11,14,16H,6H2,1-5H3. The lowest BCUT2D eigenvalue weighted by molar-refractivity contribution is -0.0755. The number of aryl methyl sites for hydroxylation is 2. The first-order valence-corrected chi connectivity index (χ1v) is 6.21. The van der Waals surface area contributed by atoms with Gasteiger partial charge in [-0.15, -0.1) is 0 Å². The van der Waals surface area contributed by atoms with Crippen LogP contribution in [0.1, 0.15) is 50.3 Å². The Morgan fingerprint density at radius 3 is 2.53 bits per heavy atom. The number of nitrogens with one attached hydrogen (secondary N) is 1. The van der Waals surface area contributed by atoms with Crippen molar-refractivity contribution in [2.24, 2.45) is 5.41 Å². The second kappa shape index (κ2) is 4.10. The van der Waals surface area contributed by atoms with Gasteiger partial charge in [0.25, 0.3) is 0 Å². The van der Waals surface area contributed by atoms with Crippen LogP contribution >= 0.6 is 0 Å². The number of aliphatic hydroxyl groups excluding tert-OH is 1. The van der Waals surface area contributed by atoms with E-state index in [1.165, 1.54) is 0 Å². The maximum Gasteiger partial charge on any atom is 0.138 e. The van der Waals surface area contributed by atoms with Gasteiger partial charge in [0.1, 0.15) is 5.76 Å². The molecule has 3 atom stereocenters. The average Bonchev–Trinajstić information content (AvgIpc) is 2.58. The van der Waals surface area contributed by atoms with Crippen molar-refractivity contribution in [2.75, 3.05) is 0 Å². The summed E-state index contributed by atoms with van der Waals surface area (Å²) in [7, 11) is 0. The van der Waals surface area contributed by atoms with Gasteiger partial charge in [0.05, 0.1) is 11.8 Å². The molecule has 1 fully saturated rings. The molecule has 2 rings (SSSR count). The monoisotopic (exact) mass is 238 g/mol.